The fourth-order valence-corrected chi connectivity index (χ4v) is 12.4. The summed E-state index contributed by atoms with van der Waals surface area (Å²) < 4.78 is 0. The van der Waals surface area contributed by atoms with Crippen LogP contribution in [0, 0.1) is 23.7 Å². The summed E-state index contributed by atoms with van der Waals surface area (Å²) in [6.45, 7) is 0. The van der Waals surface area contributed by atoms with E-state index in [-0.39, 0.29) is 5.41 Å². The minimum absolute atomic E-state index is 0.134. The zero-order chi connectivity index (χ0) is 34.0. The van der Waals surface area contributed by atoms with Crippen LogP contribution in [0.25, 0.3) is 76.8 Å². The fourth-order valence-electron chi connectivity index (χ4n) is 12.4. The summed E-state index contributed by atoms with van der Waals surface area (Å²) in [5.41, 5.74) is 14.2. The maximum absolute atomic E-state index is 2.64. The van der Waals surface area contributed by atoms with Crippen molar-refractivity contribution in [1.29, 1.82) is 0 Å². The van der Waals surface area contributed by atoms with Gasteiger partial charge in [-0.25, -0.2) is 0 Å². The van der Waals surface area contributed by atoms with Gasteiger partial charge in [-0.05, 0) is 156 Å². The first kappa shape index (κ1) is 29.2. The molecular weight excluding hydrogens is 625 g/mol. The van der Waals surface area contributed by atoms with Crippen LogP contribution in [0.4, 0.5) is 0 Å². The van der Waals surface area contributed by atoms with Crippen LogP contribution >= 0.6 is 0 Å². The number of benzene rings is 8. The van der Waals surface area contributed by atoms with Crippen LogP contribution in [0.3, 0.4) is 0 Å². The van der Waals surface area contributed by atoms with Crippen molar-refractivity contribution in [3.05, 3.63) is 169 Å². The quantitative estimate of drug-likeness (QED) is 0.165. The van der Waals surface area contributed by atoms with E-state index in [1.165, 1.54) is 109 Å². The highest BCUT2D eigenvalue weighted by atomic mass is 14.6. The standard InChI is InChI=1S/C52H40/c1-2-13-34(14-3-1)35-15-12-16-36(30-35)49-41-19-5-7-21-43(41)50(44-22-8-6-20-42(44)49)46-31-47-40-18-10-11-24-48(40)52(51(47)45-23-9-4-17-39(45)46)37-26-32-25-33(28-37)29-38(52)27-32/h1-24,30-33,37-38H,25-29H2. The van der Waals surface area contributed by atoms with Crippen LogP contribution in [-0.2, 0) is 5.41 Å². The van der Waals surface area contributed by atoms with E-state index in [2.05, 4.69) is 158 Å². The maximum Gasteiger partial charge on any atom is 0.0278 e. The van der Waals surface area contributed by atoms with E-state index in [0.717, 1.165) is 23.7 Å². The van der Waals surface area contributed by atoms with E-state index in [1.54, 1.807) is 11.1 Å². The van der Waals surface area contributed by atoms with Crippen molar-refractivity contribution in [3.8, 4) is 44.5 Å². The molecule has 0 amide bonds. The molecule has 0 unspecified atom stereocenters. The molecule has 13 rings (SSSR count). The van der Waals surface area contributed by atoms with Gasteiger partial charge in [-0.1, -0.05) is 146 Å². The molecule has 5 aliphatic rings. The minimum Gasteiger partial charge on any atom is -0.0622 e. The van der Waals surface area contributed by atoms with Crippen LogP contribution < -0.4 is 0 Å². The van der Waals surface area contributed by atoms with Crippen molar-refractivity contribution in [1.82, 2.24) is 0 Å². The van der Waals surface area contributed by atoms with Gasteiger partial charge < -0.3 is 0 Å². The monoisotopic (exact) mass is 664 g/mol. The van der Waals surface area contributed by atoms with Gasteiger partial charge in [-0.3, -0.25) is 0 Å². The lowest BCUT2D eigenvalue weighted by Gasteiger charge is -2.61. The van der Waals surface area contributed by atoms with Crippen LogP contribution in [-0.4, -0.2) is 0 Å². The number of rotatable bonds is 3. The lowest BCUT2D eigenvalue weighted by Crippen LogP contribution is -2.55. The van der Waals surface area contributed by atoms with Crippen LogP contribution in [0.15, 0.2) is 158 Å². The Morgan fingerprint density at radius 2 is 0.865 bits per heavy atom. The summed E-state index contributed by atoms with van der Waals surface area (Å²) in [4.78, 5) is 0. The SMILES string of the molecule is c1ccc(-c2cccc(-c3c4ccccc4c(-c4cc5c(c6ccccc46)C4(c6ccccc6-5)C5CC6CC(C5)CC4C6)c4ccccc34)c2)cc1. The Balaban J connectivity index is 1.17. The van der Waals surface area contributed by atoms with Gasteiger partial charge in [-0.2, -0.15) is 0 Å². The summed E-state index contributed by atoms with van der Waals surface area (Å²) in [7, 11) is 0. The van der Waals surface area contributed by atoms with Crippen molar-refractivity contribution in [2.75, 3.05) is 0 Å². The van der Waals surface area contributed by atoms with Crippen molar-refractivity contribution in [3.63, 3.8) is 0 Å². The van der Waals surface area contributed by atoms with E-state index >= 15 is 0 Å². The smallest absolute Gasteiger partial charge is 0.0278 e. The van der Waals surface area contributed by atoms with Crippen LogP contribution in [0.5, 0.6) is 0 Å². The summed E-state index contributed by atoms with van der Waals surface area (Å²) in [5, 5.41) is 8.14. The van der Waals surface area contributed by atoms with E-state index in [9.17, 15) is 0 Å². The fraction of sp³-hybridized carbons (Fsp3) is 0.192. The van der Waals surface area contributed by atoms with Gasteiger partial charge in [0.2, 0.25) is 0 Å². The zero-order valence-electron chi connectivity index (χ0n) is 29.4. The van der Waals surface area contributed by atoms with Crippen molar-refractivity contribution < 1.29 is 0 Å². The molecule has 8 aromatic rings. The molecule has 0 N–H and O–H groups in total. The third kappa shape index (κ3) is 3.83. The summed E-state index contributed by atoms with van der Waals surface area (Å²) in [5.74, 6) is 3.35. The Labute approximate surface area is 305 Å². The maximum atomic E-state index is 2.64. The van der Waals surface area contributed by atoms with E-state index < -0.39 is 0 Å². The third-order valence-corrected chi connectivity index (χ3v) is 14.0. The first-order chi connectivity index (χ1) is 25.8. The normalized spacial score (nSPS) is 23.8. The Morgan fingerprint density at radius 3 is 1.54 bits per heavy atom. The summed E-state index contributed by atoms with van der Waals surface area (Å²) in [6.07, 6.45) is 7.08. The van der Waals surface area contributed by atoms with E-state index in [1.807, 2.05) is 0 Å². The average molecular weight is 665 g/mol. The largest absolute Gasteiger partial charge is 0.0622 e. The second-order valence-corrected chi connectivity index (χ2v) is 16.4. The predicted octanol–water partition coefficient (Wildman–Crippen LogP) is 13.9. The van der Waals surface area contributed by atoms with Gasteiger partial charge in [0, 0.05) is 5.41 Å². The van der Waals surface area contributed by atoms with Crippen LogP contribution in [0.1, 0.15) is 43.2 Å². The molecule has 0 saturated heterocycles. The molecule has 0 radical (unpaired) electrons. The van der Waals surface area contributed by atoms with Gasteiger partial charge in [0.1, 0.15) is 0 Å². The second-order valence-electron chi connectivity index (χ2n) is 16.4. The van der Waals surface area contributed by atoms with Gasteiger partial charge in [0.25, 0.3) is 0 Å². The highest BCUT2D eigenvalue weighted by Gasteiger charge is 2.62. The molecule has 5 aliphatic carbocycles. The molecule has 4 saturated carbocycles. The Morgan fingerprint density at radius 1 is 0.346 bits per heavy atom. The van der Waals surface area contributed by atoms with E-state index in [4.69, 9.17) is 0 Å². The molecule has 52 heavy (non-hydrogen) atoms. The first-order valence-electron chi connectivity index (χ1n) is 19.5. The lowest BCUT2D eigenvalue weighted by atomic mass is 9.43. The van der Waals surface area contributed by atoms with Crippen LogP contribution in [0.2, 0.25) is 0 Å². The molecule has 0 heteroatoms. The molecule has 1 spiro atoms. The highest BCUT2D eigenvalue weighted by Crippen LogP contribution is 2.70. The predicted molar refractivity (Wildman–Crippen MR) is 219 cm³/mol. The second kappa shape index (κ2) is 10.8. The van der Waals surface area contributed by atoms with Gasteiger partial charge in [0.15, 0.2) is 0 Å². The molecule has 4 bridgehead atoms. The number of fused-ring (bicyclic) bond motifs is 7. The number of hydrogen-bond acceptors (Lipinski definition) is 0. The topological polar surface area (TPSA) is 0 Å². The van der Waals surface area contributed by atoms with Gasteiger partial charge >= 0.3 is 0 Å². The van der Waals surface area contributed by atoms with Crippen molar-refractivity contribution in [2.24, 2.45) is 23.7 Å². The van der Waals surface area contributed by atoms with Gasteiger partial charge in [-0.15, -0.1) is 0 Å². The molecule has 8 aromatic carbocycles. The molecular formula is C52H40. The Bertz CT molecular complexity index is 2660. The van der Waals surface area contributed by atoms with Crippen molar-refractivity contribution >= 4 is 32.3 Å². The summed E-state index contributed by atoms with van der Waals surface area (Å²) in [6, 6.07) is 60.0. The summed E-state index contributed by atoms with van der Waals surface area (Å²) >= 11 is 0. The van der Waals surface area contributed by atoms with E-state index in [0.29, 0.717) is 0 Å². The molecule has 0 aliphatic heterocycles. The Kier molecular flexibility index (Phi) is 6.04. The zero-order valence-corrected chi connectivity index (χ0v) is 29.4. The highest BCUT2D eigenvalue weighted by molar-refractivity contribution is 6.24. The average Bonchev–Trinajstić information content (AvgIpc) is 3.49. The molecule has 0 nitrogen and oxygen atoms in total. The molecule has 0 aromatic heterocycles. The minimum atomic E-state index is 0.134. The first-order valence-corrected chi connectivity index (χ1v) is 19.5. The molecule has 4 fully saturated rings. The lowest BCUT2D eigenvalue weighted by molar-refractivity contribution is -0.0393. The third-order valence-electron chi connectivity index (χ3n) is 14.0. The molecule has 248 valence electrons. The Hall–Kier alpha value is -5.46. The number of hydrogen-bond donors (Lipinski definition) is 0. The van der Waals surface area contributed by atoms with Crippen molar-refractivity contribution in [2.45, 2.75) is 37.5 Å². The molecule has 0 heterocycles. The van der Waals surface area contributed by atoms with Gasteiger partial charge in [0.05, 0.1) is 0 Å². The molecule has 0 atom stereocenters.